The van der Waals surface area contributed by atoms with Gasteiger partial charge in [-0.2, -0.15) is 0 Å². The van der Waals surface area contributed by atoms with Crippen molar-refractivity contribution in [3.8, 4) is 5.88 Å². The minimum absolute atomic E-state index is 0.0168. The van der Waals surface area contributed by atoms with E-state index in [1.165, 1.54) is 12.3 Å². The lowest BCUT2D eigenvalue weighted by atomic mass is 10.2. The van der Waals surface area contributed by atoms with E-state index in [2.05, 4.69) is 4.98 Å². The van der Waals surface area contributed by atoms with Crippen LogP contribution in [0.25, 0.3) is 0 Å². The molecule has 1 aliphatic heterocycles. The third-order valence-electron chi connectivity index (χ3n) is 2.35. The van der Waals surface area contributed by atoms with Gasteiger partial charge in [-0.05, 0) is 0 Å². The van der Waals surface area contributed by atoms with Crippen molar-refractivity contribution in [2.24, 2.45) is 5.73 Å². The second kappa shape index (κ2) is 4.36. The number of amides is 1. The Balaban J connectivity index is 2.15. The fraction of sp³-hybridized carbons (Fsp3) is 0.400. The van der Waals surface area contributed by atoms with Crippen LogP contribution >= 0.6 is 0 Å². The van der Waals surface area contributed by atoms with Crippen LogP contribution in [0.2, 0.25) is 0 Å². The molecular formula is C10H13N3O3. The SMILES string of the molecule is NC(=O)c1cc(OC2CCOC2)ncc1N. The summed E-state index contributed by atoms with van der Waals surface area (Å²) in [6, 6.07) is 1.45. The van der Waals surface area contributed by atoms with E-state index < -0.39 is 5.91 Å². The van der Waals surface area contributed by atoms with Crippen LogP contribution < -0.4 is 16.2 Å². The molecular weight excluding hydrogens is 210 g/mol. The maximum atomic E-state index is 11.0. The first-order valence-corrected chi connectivity index (χ1v) is 4.96. The largest absolute Gasteiger partial charge is 0.472 e. The van der Waals surface area contributed by atoms with Gasteiger partial charge in [-0.25, -0.2) is 4.98 Å². The molecule has 1 aromatic rings. The molecule has 1 aromatic heterocycles. The number of primary amides is 1. The summed E-state index contributed by atoms with van der Waals surface area (Å²) in [6.45, 7) is 1.22. The number of carbonyl (C=O) groups is 1. The number of rotatable bonds is 3. The summed E-state index contributed by atoms with van der Waals surface area (Å²) >= 11 is 0. The van der Waals surface area contributed by atoms with Gasteiger partial charge in [0.2, 0.25) is 5.88 Å². The monoisotopic (exact) mass is 223 g/mol. The van der Waals surface area contributed by atoms with Crippen LogP contribution in [0.4, 0.5) is 5.69 Å². The number of hydrogen-bond donors (Lipinski definition) is 2. The molecule has 1 saturated heterocycles. The molecule has 2 heterocycles. The molecule has 0 radical (unpaired) electrons. The fourth-order valence-electron chi connectivity index (χ4n) is 1.50. The van der Waals surface area contributed by atoms with Gasteiger partial charge in [0.15, 0.2) is 0 Å². The summed E-state index contributed by atoms with van der Waals surface area (Å²) in [5.74, 6) is -0.245. The van der Waals surface area contributed by atoms with E-state index >= 15 is 0 Å². The summed E-state index contributed by atoms with van der Waals surface area (Å²) < 4.78 is 10.7. The lowest BCUT2D eigenvalue weighted by Crippen LogP contribution is -2.18. The highest BCUT2D eigenvalue weighted by atomic mass is 16.5. The van der Waals surface area contributed by atoms with Gasteiger partial charge < -0.3 is 20.9 Å². The normalized spacial score (nSPS) is 19.6. The van der Waals surface area contributed by atoms with E-state index in [0.29, 0.717) is 19.1 Å². The molecule has 1 aliphatic rings. The molecule has 4 N–H and O–H groups in total. The van der Waals surface area contributed by atoms with Crippen LogP contribution in [0.5, 0.6) is 5.88 Å². The Labute approximate surface area is 92.5 Å². The number of nitrogens with two attached hydrogens (primary N) is 2. The van der Waals surface area contributed by atoms with Gasteiger partial charge in [0, 0.05) is 12.5 Å². The lowest BCUT2D eigenvalue weighted by Gasteiger charge is -2.11. The third kappa shape index (κ3) is 2.22. The highest BCUT2D eigenvalue weighted by molar-refractivity contribution is 5.97. The predicted molar refractivity (Wildman–Crippen MR) is 57.0 cm³/mol. The Bertz CT molecular complexity index is 402. The molecule has 16 heavy (non-hydrogen) atoms. The van der Waals surface area contributed by atoms with Crippen LogP contribution in [0.3, 0.4) is 0 Å². The average molecular weight is 223 g/mol. The van der Waals surface area contributed by atoms with Crippen molar-refractivity contribution in [2.45, 2.75) is 12.5 Å². The van der Waals surface area contributed by atoms with Crippen molar-refractivity contribution in [3.63, 3.8) is 0 Å². The summed E-state index contributed by atoms with van der Waals surface area (Å²) in [5, 5.41) is 0. The minimum Gasteiger partial charge on any atom is -0.472 e. The number of aromatic nitrogens is 1. The van der Waals surface area contributed by atoms with Crippen molar-refractivity contribution in [1.82, 2.24) is 4.98 Å². The van der Waals surface area contributed by atoms with Crippen LogP contribution in [-0.4, -0.2) is 30.2 Å². The van der Waals surface area contributed by atoms with E-state index in [1.54, 1.807) is 0 Å². The van der Waals surface area contributed by atoms with E-state index in [-0.39, 0.29) is 17.4 Å². The standard InChI is InChI=1S/C10H13N3O3/c11-8-4-13-9(3-7(8)10(12)14)16-6-1-2-15-5-6/h3-4,6H,1-2,5,11H2,(H2,12,14). The molecule has 0 aliphatic carbocycles. The van der Waals surface area contributed by atoms with Crippen molar-refractivity contribution < 1.29 is 14.3 Å². The molecule has 6 heteroatoms. The Morgan fingerprint density at radius 3 is 3.06 bits per heavy atom. The molecule has 0 aromatic carbocycles. The van der Waals surface area contributed by atoms with Crippen molar-refractivity contribution in [2.75, 3.05) is 18.9 Å². The van der Waals surface area contributed by atoms with Crippen LogP contribution in [0, 0.1) is 0 Å². The second-order valence-electron chi connectivity index (χ2n) is 3.58. The summed E-state index contributed by atoms with van der Waals surface area (Å²) in [7, 11) is 0. The molecule has 1 atom stereocenters. The van der Waals surface area contributed by atoms with Crippen LogP contribution in [0.1, 0.15) is 16.8 Å². The molecule has 86 valence electrons. The minimum atomic E-state index is -0.590. The Morgan fingerprint density at radius 1 is 1.62 bits per heavy atom. The Kier molecular flexibility index (Phi) is 2.91. The lowest BCUT2D eigenvalue weighted by molar-refractivity contribution is 0.0999. The molecule has 0 spiro atoms. The topological polar surface area (TPSA) is 100 Å². The highest BCUT2D eigenvalue weighted by Gasteiger charge is 2.18. The molecule has 6 nitrogen and oxygen atoms in total. The van der Waals surface area contributed by atoms with Gasteiger partial charge in [0.1, 0.15) is 6.10 Å². The van der Waals surface area contributed by atoms with E-state index in [4.69, 9.17) is 20.9 Å². The maximum Gasteiger partial charge on any atom is 0.251 e. The Hall–Kier alpha value is -1.82. The van der Waals surface area contributed by atoms with Gasteiger partial charge in [0.25, 0.3) is 5.91 Å². The van der Waals surface area contributed by atoms with Gasteiger partial charge in [-0.15, -0.1) is 0 Å². The van der Waals surface area contributed by atoms with Gasteiger partial charge in [-0.1, -0.05) is 0 Å². The van der Waals surface area contributed by atoms with Gasteiger partial charge in [-0.3, -0.25) is 4.79 Å². The highest BCUT2D eigenvalue weighted by Crippen LogP contribution is 2.19. The fourth-order valence-corrected chi connectivity index (χ4v) is 1.50. The van der Waals surface area contributed by atoms with Crippen LogP contribution in [-0.2, 0) is 4.74 Å². The zero-order valence-corrected chi connectivity index (χ0v) is 8.68. The number of nitrogen functional groups attached to an aromatic ring is 1. The molecule has 1 amide bonds. The smallest absolute Gasteiger partial charge is 0.251 e. The molecule has 0 saturated carbocycles. The zero-order chi connectivity index (χ0) is 11.5. The summed E-state index contributed by atoms with van der Waals surface area (Å²) in [4.78, 5) is 15.0. The van der Waals surface area contributed by atoms with Gasteiger partial charge in [0.05, 0.1) is 30.7 Å². The predicted octanol–water partition coefficient (Wildman–Crippen LogP) is -0.0696. The van der Waals surface area contributed by atoms with Crippen LogP contribution in [0.15, 0.2) is 12.3 Å². The first kappa shape index (κ1) is 10.7. The summed E-state index contributed by atoms with van der Waals surface area (Å²) in [6.07, 6.45) is 2.17. The summed E-state index contributed by atoms with van der Waals surface area (Å²) in [5.41, 5.74) is 11.2. The van der Waals surface area contributed by atoms with Gasteiger partial charge >= 0.3 is 0 Å². The third-order valence-corrected chi connectivity index (χ3v) is 2.35. The van der Waals surface area contributed by atoms with E-state index in [9.17, 15) is 4.79 Å². The molecule has 1 unspecified atom stereocenters. The molecule has 2 rings (SSSR count). The number of pyridine rings is 1. The maximum absolute atomic E-state index is 11.0. The number of ether oxygens (including phenoxy) is 2. The molecule has 1 fully saturated rings. The Morgan fingerprint density at radius 2 is 2.44 bits per heavy atom. The molecule has 0 bridgehead atoms. The van der Waals surface area contributed by atoms with Crippen molar-refractivity contribution in [3.05, 3.63) is 17.8 Å². The van der Waals surface area contributed by atoms with E-state index in [1.807, 2.05) is 0 Å². The van der Waals surface area contributed by atoms with Crippen molar-refractivity contribution >= 4 is 11.6 Å². The first-order valence-electron chi connectivity index (χ1n) is 4.96. The van der Waals surface area contributed by atoms with E-state index in [0.717, 1.165) is 6.42 Å². The number of hydrogen-bond acceptors (Lipinski definition) is 5. The number of carbonyl (C=O) groups excluding carboxylic acids is 1. The first-order chi connectivity index (χ1) is 7.66. The second-order valence-corrected chi connectivity index (χ2v) is 3.58. The number of anilines is 1. The zero-order valence-electron chi connectivity index (χ0n) is 8.68. The number of nitrogens with zero attached hydrogens (tertiary/aromatic N) is 1. The average Bonchev–Trinajstić information content (AvgIpc) is 2.73. The van der Waals surface area contributed by atoms with Crippen molar-refractivity contribution in [1.29, 1.82) is 0 Å². The quantitative estimate of drug-likeness (QED) is 0.747.